The van der Waals surface area contributed by atoms with Gasteiger partial charge in [-0.1, -0.05) is 36.4 Å². The van der Waals surface area contributed by atoms with Crippen LogP contribution < -0.4 is 9.21 Å². The third-order valence-corrected chi connectivity index (χ3v) is 7.99. The molecule has 32 heavy (non-hydrogen) atoms. The van der Waals surface area contributed by atoms with E-state index in [0.29, 0.717) is 31.9 Å². The van der Waals surface area contributed by atoms with E-state index >= 15 is 0 Å². The minimum Gasteiger partial charge on any atom is -0.368 e. The predicted molar refractivity (Wildman–Crippen MR) is 135 cm³/mol. The molecule has 8 heteroatoms. The quantitative estimate of drug-likeness (QED) is 0.430. The summed E-state index contributed by atoms with van der Waals surface area (Å²) in [5.74, 6) is -0.198. The van der Waals surface area contributed by atoms with Crippen LogP contribution in [0, 0.1) is 3.57 Å². The number of halogens is 1. The monoisotopic (exact) mass is 561 g/mol. The number of carbonyl (C=O) groups excluding carboxylic acids is 1. The molecule has 1 aliphatic heterocycles. The van der Waals surface area contributed by atoms with Gasteiger partial charge >= 0.3 is 0 Å². The van der Waals surface area contributed by atoms with Crippen molar-refractivity contribution in [1.29, 1.82) is 0 Å². The van der Waals surface area contributed by atoms with Crippen molar-refractivity contribution >= 4 is 49.9 Å². The second-order valence-corrected chi connectivity index (χ2v) is 10.6. The molecule has 1 saturated heterocycles. The Morgan fingerprint density at radius 2 is 1.38 bits per heavy atom. The van der Waals surface area contributed by atoms with Gasteiger partial charge in [0, 0.05) is 35.4 Å². The fourth-order valence-electron chi connectivity index (χ4n) is 3.72. The molecule has 1 amide bonds. The van der Waals surface area contributed by atoms with Crippen LogP contribution >= 0.6 is 22.6 Å². The van der Waals surface area contributed by atoms with Gasteiger partial charge in [0.2, 0.25) is 5.91 Å². The van der Waals surface area contributed by atoms with E-state index in [1.54, 1.807) is 47.4 Å². The predicted octanol–water partition coefficient (Wildman–Crippen LogP) is 3.84. The van der Waals surface area contributed by atoms with Crippen LogP contribution in [0.25, 0.3) is 0 Å². The van der Waals surface area contributed by atoms with Gasteiger partial charge in [-0.05, 0) is 71.1 Å². The van der Waals surface area contributed by atoms with E-state index < -0.39 is 10.0 Å². The zero-order valence-electron chi connectivity index (χ0n) is 17.5. The van der Waals surface area contributed by atoms with E-state index in [2.05, 4.69) is 39.6 Å². The standard InChI is InChI=1S/C24H24IN3O3S/c25-20-11-13-22(14-12-20)28(32(30,31)23-9-5-2-6-10-23)19-24(29)27-17-15-26(16-18-27)21-7-3-1-4-8-21/h1-14H,15-19H2. The number of sulfonamides is 1. The Bertz CT molecular complexity index is 1150. The highest BCUT2D eigenvalue weighted by molar-refractivity contribution is 14.1. The lowest BCUT2D eigenvalue weighted by Crippen LogP contribution is -2.52. The summed E-state index contributed by atoms with van der Waals surface area (Å²) in [7, 11) is -3.88. The highest BCUT2D eigenvalue weighted by Crippen LogP contribution is 2.25. The Kier molecular flexibility index (Phi) is 7.00. The molecule has 0 aliphatic carbocycles. The molecule has 3 aromatic rings. The van der Waals surface area contributed by atoms with Crippen LogP contribution in [0.4, 0.5) is 11.4 Å². The average molecular weight is 561 g/mol. The molecular weight excluding hydrogens is 537 g/mol. The minimum atomic E-state index is -3.88. The smallest absolute Gasteiger partial charge is 0.264 e. The van der Waals surface area contributed by atoms with Crippen LogP contribution in [0.3, 0.4) is 0 Å². The van der Waals surface area contributed by atoms with E-state index in [-0.39, 0.29) is 17.3 Å². The Labute approximate surface area is 202 Å². The molecule has 6 nitrogen and oxygen atoms in total. The number of amides is 1. The minimum absolute atomic E-state index is 0.167. The molecule has 166 valence electrons. The first kappa shape index (κ1) is 22.6. The lowest BCUT2D eigenvalue weighted by molar-refractivity contribution is -0.129. The van der Waals surface area contributed by atoms with Gasteiger partial charge in [0.1, 0.15) is 6.54 Å². The second kappa shape index (κ2) is 9.91. The maximum absolute atomic E-state index is 13.4. The van der Waals surface area contributed by atoms with Crippen molar-refractivity contribution in [2.75, 3.05) is 41.9 Å². The van der Waals surface area contributed by atoms with Crippen LogP contribution in [0.5, 0.6) is 0 Å². The van der Waals surface area contributed by atoms with Crippen molar-refractivity contribution in [3.05, 3.63) is 88.5 Å². The van der Waals surface area contributed by atoms with E-state index in [9.17, 15) is 13.2 Å². The summed E-state index contributed by atoms with van der Waals surface area (Å²) >= 11 is 2.17. The first-order valence-corrected chi connectivity index (χ1v) is 12.9. The summed E-state index contributed by atoms with van der Waals surface area (Å²) in [6.45, 7) is 2.30. The van der Waals surface area contributed by atoms with Crippen LogP contribution in [-0.2, 0) is 14.8 Å². The Morgan fingerprint density at radius 1 is 0.812 bits per heavy atom. The number of benzene rings is 3. The largest absolute Gasteiger partial charge is 0.368 e. The summed E-state index contributed by atoms with van der Waals surface area (Å²) in [4.78, 5) is 17.3. The zero-order valence-corrected chi connectivity index (χ0v) is 20.4. The molecule has 0 saturated carbocycles. The number of carbonyl (C=O) groups is 1. The lowest BCUT2D eigenvalue weighted by Gasteiger charge is -2.37. The number of anilines is 2. The van der Waals surface area contributed by atoms with Crippen molar-refractivity contribution < 1.29 is 13.2 Å². The first-order valence-electron chi connectivity index (χ1n) is 10.4. The van der Waals surface area contributed by atoms with Gasteiger partial charge in [-0.2, -0.15) is 0 Å². The maximum atomic E-state index is 13.4. The van der Waals surface area contributed by atoms with E-state index in [1.165, 1.54) is 4.31 Å². The number of nitrogens with zero attached hydrogens (tertiary/aromatic N) is 3. The summed E-state index contributed by atoms with van der Waals surface area (Å²) in [5.41, 5.74) is 1.61. The van der Waals surface area contributed by atoms with Crippen LogP contribution in [0.2, 0.25) is 0 Å². The van der Waals surface area contributed by atoms with Crippen LogP contribution in [0.1, 0.15) is 0 Å². The molecular formula is C24H24IN3O3S. The Morgan fingerprint density at radius 3 is 1.97 bits per heavy atom. The molecule has 0 unspecified atom stereocenters. The highest BCUT2D eigenvalue weighted by atomic mass is 127. The maximum Gasteiger partial charge on any atom is 0.264 e. The molecule has 0 aromatic heterocycles. The molecule has 0 spiro atoms. The average Bonchev–Trinajstić information content (AvgIpc) is 2.84. The van der Waals surface area contributed by atoms with Gasteiger partial charge in [0.15, 0.2) is 0 Å². The van der Waals surface area contributed by atoms with Gasteiger partial charge in [0.25, 0.3) is 10.0 Å². The third kappa shape index (κ3) is 5.07. The molecule has 0 atom stereocenters. The molecule has 4 rings (SSSR count). The molecule has 1 heterocycles. The molecule has 0 radical (unpaired) electrons. The Balaban J connectivity index is 1.52. The van der Waals surface area contributed by atoms with Crippen molar-refractivity contribution in [2.24, 2.45) is 0 Å². The van der Waals surface area contributed by atoms with E-state index in [0.717, 1.165) is 9.26 Å². The number of hydrogen-bond acceptors (Lipinski definition) is 4. The van der Waals surface area contributed by atoms with Crippen molar-refractivity contribution in [1.82, 2.24) is 4.90 Å². The van der Waals surface area contributed by atoms with Crippen LogP contribution in [-0.4, -0.2) is 51.9 Å². The lowest BCUT2D eigenvalue weighted by atomic mass is 10.2. The summed E-state index contributed by atoms with van der Waals surface area (Å²) in [6, 6.07) is 25.5. The van der Waals surface area contributed by atoms with Gasteiger partial charge in [0.05, 0.1) is 10.6 Å². The van der Waals surface area contributed by atoms with Gasteiger partial charge in [-0.3, -0.25) is 9.10 Å². The van der Waals surface area contributed by atoms with E-state index in [1.807, 2.05) is 30.3 Å². The normalized spacial score (nSPS) is 14.3. The second-order valence-electron chi connectivity index (χ2n) is 7.50. The number of hydrogen-bond donors (Lipinski definition) is 0. The molecule has 0 N–H and O–H groups in total. The Hall–Kier alpha value is -2.59. The topological polar surface area (TPSA) is 60.9 Å². The summed E-state index contributed by atoms with van der Waals surface area (Å²) in [5, 5.41) is 0. The number of rotatable bonds is 6. The molecule has 1 aliphatic rings. The van der Waals surface area contributed by atoms with Gasteiger partial charge in [-0.15, -0.1) is 0 Å². The molecule has 0 bridgehead atoms. The number of piperazine rings is 1. The third-order valence-electron chi connectivity index (χ3n) is 5.48. The van der Waals surface area contributed by atoms with E-state index in [4.69, 9.17) is 0 Å². The fraction of sp³-hybridized carbons (Fsp3) is 0.208. The number of para-hydroxylation sites is 1. The fourth-order valence-corrected chi connectivity index (χ4v) is 5.51. The van der Waals surface area contributed by atoms with Crippen molar-refractivity contribution in [3.8, 4) is 0 Å². The van der Waals surface area contributed by atoms with Crippen molar-refractivity contribution in [3.63, 3.8) is 0 Å². The van der Waals surface area contributed by atoms with Gasteiger partial charge < -0.3 is 9.80 Å². The molecule has 1 fully saturated rings. The summed E-state index contributed by atoms with van der Waals surface area (Å²) in [6.07, 6.45) is 0. The molecule has 3 aromatic carbocycles. The van der Waals surface area contributed by atoms with Gasteiger partial charge in [-0.25, -0.2) is 8.42 Å². The van der Waals surface area contributed by atoms with Crippen LogP contribution in [0.15, 0.2) is 89.8 Å². The SMILES string of the molecule is O=C(CN(c1ccc(I)cc1)S(=O)(=O)c1ccccc1)N1CCN(c2ccccc2)CC1. The first-order chi connectivity index (χ1) is 15.4. The van der Waals surface area contributed by atoms with Crippen molar-refractivity contribution in [2.45, 2.75) is 4.90 Å². The summed E-state index contributed by atoms with van der Waals surface area (Å²) < 4.78 is 29.0. The zero-order chi connectivity index (χ0) is 22.6. The highest BCUT2D eigenvalue weighted by Gasteiger charge is 2.30.